The summed E-state index contributed by atoms with van der Waals surface area (Å²) >= 11 is 1.28. The average molecular weight is 423 g/mol. The van der Waals surface area contributed by atoms with Crippen LogP contribution < -0.4 is 5.56 Å². The third-order valence-electron chi connectivity index (χ3n) is 4.73. The van der Waals surface area contributed by atoms with Gasteiger partial charge >= 0.3 is 0 Å². The van der Waals surface area contributed by atoms with Gasteiger partial charge in [0.15, 0.2) is 5.16 Å². The molecular formula is C21H21N5O3S. The molecule has 0 radical (unpaired) electrons. The second-order valence-electron chi connectivity index (χ2n) is 6.89. The molecule has 0 aliphatic rings. The molecule has 0 aliphatic carbocycles. The fourth-order valence-electron chi connectivity index (χ4n) is 3.25. The van der Waals surface area contributed by atoms with Crippen molar-refractivity contribution in [2.24, 2.45) is 0 Å². The van der Waals surface area contributed by atoms with Gasteiger partial charge in [-0.3, -0.25) is 18.6 Å². The highest BCUT2D eigenvalue weighted by Gasteiger charge is 2.18. The molecule has 30 heavy (non-hydrogen) atoms. The molecule has 4 rings (SSSR count). The number of allylic oxidation sites excluding steroid dienone is 1. The van der Waals surface area contributed by atoms with Gasteiger partial charge < -0.3 is 9.32 Å². The quantitative estimate of drug-likeness (QED) is 0.336. The highest BCUT2D eigenvalue weighted by molar-refractivity contribution is 7.99. The Morgan fingerprint density at radius 2 is 2.07 bits per heavy atom. The van der Waals surface area contributed by atoms with E-state index in [0.717, 1.165) is 11.5 Å². The molecule has 1 aromatic carbocycles. The lowest BCUT2D eigenvalue weighted by Crippen LogP contribution is -2.27. The number of nitrogens with zero attached hydrogens (tertiary/aromatic N) is 5. The monoisotopic (exact) mass is 423 g/mol. The van der Waals surface area contributed by atoms with Crippen molar-refractivity contribution in [3.63, 3.8) is 0 Å². The highest BCUT2D eigenvalue weighted by atomic mass is 32.2. The van der Waals surface area contributed by atoms with Crippen LogP contribution in [-0.2, 0) is 17.9 Å². The van der Waals surface area contributed by atoms with Crippen LogP contribution in [0.2, 0.25) is 0 Å². The van der Waals surface area contributed by atoms with E-state index in [9.17, 15) is 9.59 Å². The summed E-state index contributed by atoms with van der Waals surface area (Å²) in [5, 5.41) is 9.56. The molecule has 0 saturated heterocycles. The van der Waals surface area contributed by atoms with Crippen molar-refractivity contribution in [2.45, 2.75) is 25.2 Å². The number of carbonyl (C=O) groups is 1. The Morgan fingerprint density at radius 1 is 1.27 bits per heavy atom. The van der Waals surface area contributed by atoms with Crippen molar-refractivity contribution in [3.05, 3.63) is 70.9 Å². The zero-order valence-electron chi connectivity index (χ0n) is 16.7. The Balaban J connectivity index is 1.62. The van der Waals surface area contributed by atoms with Gasteiger partial charge in [-0.05, 0) is 31.2 Å². The second-order valence-corrected chi connectivity index (χ2v) is 7.83. The van der Waals surface area contributed by atoms with Gasteiger partial charge in [-0.15, -0.1) is 16.8 Å². The van der Waals surface area contributed by atoms with Crippen LogP contribution in [0.5, 0.6) is 0 Å². The molecule has 0 aliphatic heterocycles. The number of thioether (sulfide) groups is 1. The molecule has 8 nitrogen and oxygen atoms in total. The van der Waals surface area contributed by atoms with Crippen molar-refractivity contribution in [2.75, 3.05) is 12.8 Å². The second kappa shape index (κ2) is 8.19. The molecule has 0 saturated carbocycles. The van der Waals surface area contributed by atoms with Gasteiger partial charge in [0.25, 0.3) is 5.56 Å². The summed E-state index contributed by atoms with van der Waals surface area (Å²) in [7, 11) is 1.74. The molecule has 3 heterocycles. The standard InChI is InChI=1S/C21H21N5O3S/c1-4-11-25-19(28)16-7-5-6-8-17(16)26-20(25)22-23-21(26)30-13-18(27)24(3)12-15-10-9-14(2)29-15/h4-10H,1,11-13H2,2-3H3. The molecule has 1 amide bonds. The molecule has 0 bridgehead atoms. The van der Waals surface area contributed by atoms with Crippen LogP contribution in [0.15, 0.2) is 63.4 Å². The minimum absolute atomic E-state index is 0.0606. The number of furan rings is 1. The van der Waals surface area contributed by atoms with Gasteiger partial charge in [0.05, 0.1) is 23.2 Å². The largest absolute Gasteiger partial charge is 0.464 e. The van der Waals surface area contributed by atoms with Gasteiger partial charge in [-0.1, -0.05) is 30.0 Å². The molecule has 0 N–H and O–H groups in total. The van der Waals surface area contributed by atoms with Crippen LogP contribution in [0, 0.1) is 6.92 Å². The van der Waals surface area contributed by atoms with Gasteiger partial charge in [0.1, 0.15) is 11.5 Å². The Hall–Kier alpha value is -3.33. The molecule has 0 unspecified atom stereocenters. The number of aryl methyl sites for hydroxylation is 1. The predicted octanol–water partition coefficient (Wildman–Crippen LogP) is 2.88. The smallest absolute Gasteiger partial charge is 0.263 e. The van der Waals surface area contributed by atoms with E-state index in [4.69, 9.17) is 4.42 Å². The molecule has 4 aromatic rings. The highest BCUT2D eigenvalue weighted by Crippen LogP contribution is 2.22. The van der Waals surface area contributed by atoms with E-state index in [0.29, 0.717) is 34.9 Å². The van der Waals surface area contributed by atoms with Crippen LogP contribution in [-0.4, -0.2) is 42.8 Å². The summed E-state index contributed by atoms with van der Waals surface area (Å²) in [5.41, 5.74) is 0.559. The van der Waals surface area contributed by atoms with Gasteiger partial charge in [-0.25, -0.2) is 0 Å². The van der Waals surface area contributed by atoms with Crippen LogP contribution in [0.4, 0.5) is 0 Å². The van der Waals surface area contributed by atoms with Crippen LogP contribution >= 0.6 is 11.8 Å². The van der Waals surface area contributed by atoms with E-state index in [1.54, 1.807) is 24.1 Å². The van der Waals surface area contributed by atoms with Crippen molar-refractivity contribution >= 4 is 34.3 Å². The number of carbonyl (C=O) groups excluding carboxylic acids is 1. The van der Waals surface area contributed by atoms with Crippen molar-refractivity contribution < 1.29 is 9.21 Å². The molecule has 0 spiro atoms. The van der Waals surface area contributed by atoms with E-state index in [1.165, 1.54) is 16.3 Å². The average Bonchev–Trinajstić information content (AvgIpc) is 3.35. The third kappa shape index (κ3) is 3.63. The van der Waals surface area contributed by atoms with Crippen molar-refractivity contribution in [3.8, 4) is 0 Å². The van der Waals surface area contributed by atoms with Gasteiger partial charge in [0, 0.05) is 13.6 Å². The van der Waals surface area contributed by atoms with Crippen LogP contribution in [0.25, 0.3) is 16.7 Å². The van der Waals surface area contributed by atoms with Crippen molar-refractivity contribution in [1.29, 1.82) is 0 Å². The maximum absolute atomic E-state index is 12.8. The number of rotatable bonds is 7. The zero-order valence-corrected chi connectivity index (χ0v) is 17.6. The summed E-state index contributed by atoms with van der Waals surface area (Å²) < 4.78 is 8.88. The summed E-state index contributed by atoms with van der Waals surface area (Å²) in [5.74, 6) is 2.10. The van der Waals surface area contributed by atoms with E-state index in [1.807, 2.05) is 41.7 Å². The molecular weight excluding hydrogens is 402 g/mol. The van der Waals surface area contributed by atoms with E-state index >= 15 is 0 Å². The Bertz CT molecular complexity index is 1300. The number of hydrogen-bond donors (Lipinski definition) is 0. The maximum Gasteiger partial charge on any atom is 0.263 e. The summed E-state index contributed by atoms with van der Waals surface area (Å²) in [6, 6.07) is 11.0. The normalized spacial score (nSPS) is 11.3. The molecule has 0 fully saturated rings. The molecule has 0 atom stereocenters. The number of para-hydroxylation sites is 1. The lowest BCUT2D eigenvalue weighted by molar-refractivity contribution is -0.127. The summed E-state index contributed by atoms with van der Waals surface area (Å²) in [4.78, 5) is 27.1. The number of fused-ring (bicyclic) bond motifs is 3. The molecule has 3 aromatic heterocycles. The fourth-order valence-corrected chi connectivity index (χ4v) is 4.13. The molecule has 9 heteroatoms. The first-order valence-electron chi connectivity index (χ1n) is 9.39. The fraction of sp³-hybridized carbons (Fsp3) is 0.238. The Morgan fingerprint density at radius 3 is 2.80 bits per heavy atom. The minimum Gasteiger partial charge on any atom is -0.464 e. The predicted molar refractivity (Wildman–Crippen MR) is 116 cm³/mol. The van der Waals surface area contributed by atoms with Crippen molar-refractivity contribution in [1.82, 2.24) is 24.1 Å². The van der Waals surface area contributed by atoms with Crippen LogP contribution in [0.1, 0.15) is 11.5 Å². The van der Waals surface area contributed by atoms with E-state index in [-0.39, 0.29) is 17.2 Å². The van der Waals surface area contributed by atoms with Gasteiger partial charge in [0.2, 0.25) is 11.7 Å². The third-order valence-corrected chi connectivity index (χ3v) is 5.64. The zero-order chi connectivity index (χ0) is 21.3. The lowest BCUT2D eigenvalue weighted by Gasteiger charge is -2.15. The number of hydrogen-bond acceptors (Lipinski definition) is 6. The number of amides is 1. The minimum atomic E-state index is -0.147. The Kier molecular flexibility index (Phi) is 5.45. The molecule has 154 valence electrons. The summed E-state index contributed by atoms with van der Waals surface area (Å²) in [6.07, 6.45) is 1.65. The van der Waals surface area contributed by atoms with E-state index in [2.05, 4.69) is 16.8 Å². The van der Waals surface area contributed by atoms with Crippen LogP contribution in [0.3, 0.4) is 0 Å². The van der Waals surface area contributed by atoms with Gasteiger partial charge in [-0.2, -0.15) is 0 Å². The first-order valence-corrected chi connectivity index (χ1v) is 10.4. The SMILES string of the molecule is C=CCn1c(=O)c2ccccc2n2c(SCC(=O)N(C)Cc3ccc(C)o3)nnc12. The Labute approximate surface area is 176 Å². The maximum atomic E-state index is 12.8. The first kappa shape index (κ1) is 20.0. The topological polar surface area (TPSA) is 85.6 Å². The number of aromatic nitrogens is 4. The summed E-state index contributed by atoms with van der Waals surface area (Å²) in [6.45, 7) is 6.31. The lowest BCUT2D eigenvalue weighted by atomic mass is 10.2. The number of benzene rings is 1. The van der Waals surface area contributed by atoms with E-state index < -0.39 is 0 Å². The first-order chi connectivity index (χ1) is 14.5.